The van der Waals surface area contributed by atoms with Crippen LogP contribution in [0, 0.1) is 0 Å². The lowest BCUT2D eigenvalue weighted by atomic mass is 10.1. The Morgan fingerprint density at radius 1 is 1.16 bits per heavy atom. The summed E-state index contributed by atoms with van der Waals surface area (Å²) in [7, 11) is 1.69. The van der Waals surface area contributed by atoms with E-state index in [0.29, 0.717) is 27.3 Å². The van der Waals surface area contributed by atoms with Gasteiger partial charge >= 0.3 is 0 Å². The molecule has 0 fully saturated rings. The van der Waals surface area contributed by atoms with Gasteiger partial charge in [0.05, 0.1) is 18.0 Å². The molecule has 0 radical (unpaired) electrons. The van der Waals surface area contributed by atoms with E-state index in [4.69, 9.17) is 27.7 Å². The molecule has 0 N–H and O–H groups in total. The maximum Gasteiger partial charge on any atom is 0.246 e. The maximum absolute atomic E-state index is 12.3. The number of nitrogens with zero attached hydrogens (tertiary/aromatic N) is 3. The number of likely N-dealkylation sites (N-methyl/N-ethyl adjacent to an activating group) is 1. The van der Waals surface area contributed by atoms with E-state index in [9.17, 15) is 4.79 Å². The first-order chi connectivity index (χ1) is 12.0. The lowest BCUT2D eigenvalue weighted by Crippen LogP contribution is -2.27. The Morgan fingerprint density at radius 3 is 2.72 bits per heavy atom. The molecular formula is C18H15Cl2N3O2. The number of halogens is 2. The van der Waals surface area contributed by atoms with Gasteiger partial charge in [0.1, 0.15) is 0 Å². The zero-order valence-corrected chi connectivity index (χ0v) is 15.0. The van der Waals surface area contributed by atoms with Crippen LogP contribution in [-0.4, -0.2) is 28.0 Å². The summed E-state index contributed by atoms with van der Waals surface area (Å²) in [5.74, 6) is 0.674. The van der Waals surface area contributed by atoms with Crippen molar-refractivity contribution < 1.29 is 9.32 Å². The van der Waals surface area contributed by atoms with Crippen LogP contribution in [0.25, 0.3) is 11.4 Å². The third-order valence-corrected chi connectivity index (χ3v) is 4.19. The van der Waals surface area contributed by atoms with Crippen molar-refractivity contribution in [3.63, 3.8) is 0 Å². The monoisotopic (exact) mass is 375 g/mol. The van der Waals surface area contributed by atoms with Gasteiger partial charge < -0.3 is 9.42 Å². The van der Waals surface area contributed by atoms with Crippen molar-refractivity contribution in [1.82, 2.24) is 15.0 Å². The summed E-state index contributed by atoms with van der Waals surface area (Å²) in [5.41, 5.74) is 1.54. The van der Waals surface area contributed by atoms with E-state index in [-0.39, 0.29) is 18.9 Å². The molecule has 0 saturated heterocycles. The van der Waals surface area contributed by atoms with Crippen LogP contribution in [0.5, 0.6) is 0 Å². The largest absolute Gasteiger partial charge is 0.337 e. The molecule has 7 heteroatoms. The van der Waals surface area contributed by atoms with Gasteiger partial charge in [0.15, 0.2) is 0 Å². The van der Waals surface area contributed by atoms with E-state index in [1.165, 1.54) is 4.90 Å². The topological polar surface area (TPSA) is 59.2 Å². The molecule has 0 aliphatic heterocycles. The maximum atomic E-state index is 12.3. The molecule has 0 aliphatic rings. The highest BCUT2D eigenvalue weighted by Gasteiger charge is 2.16. The van der Waals surface area contributed by atoms with Crippen molar-refractivity contribution in [3.05, 3.63) is 70.0 Å². The van der Waals surface area contributed by atoms with Crippen molar-refractivity contribution in [3.8, 4) is 11.4 Å². The SMILES string of the molecule is CN(Cc1nc(-c2ccccc2Cl)no1)C(=O)Cc1cccc(Cl)c1. The number of rotatable bonds is 5. The summed E-state index contributed by atoms with van der Waals surface area (Å²) in [4.78, 5) is 18.2. The number of carbonyl (C=O) groups excluding carboxylic acids is 1. The second-order valence-electron chi connectivity index (χ2n) is 5.55. The average Bonchev–Trinajstić information content (AvgIpc) is 3.03. The summed E-state index contributed by atoms with van der Waals surface area (Å²) in [5, 5.41) is 5.08. The molecule has 0 bridgehead atoms. The first kappa shape index (κ1) is 17.5. The van der Waals surface area contributed by atoms with E-state index < -0.39 is 0 Å². The standard InChI is InChI=1S/C18H15Cl2N3O2/c1-23(17(24)10-12-5-4-6-13(19)9-12)11-16-21-18(22-25-16)14-7-2-3-8-15(14)20/h2-9H,10-11H2,1H3. The van der Waals surface area contributed by atoms with Crippen LogP contribution >= 0.6 is 23.2 Å². The summed E-state index contributed by atoms with van der Waals surface area (Å²) in [6.45, 7) is 0.219. The van der Waals surface area contributed by atoms with Crippen LogP contribution in [0.3, 0.4) is 0 Å². The molecule has 3 rings (SSSR count). The summed E-state index contributed by atoms with van der Waals surface area (Å²) < 4.78 is 5.23. The highest BCUT2D eigenvalue weighted by atomic mass is 35.5. The van der Waals surface area contributed by atoms with Crippen LogP contribution in [0.1, 0.15) is 11.5 Å². The van der Waals surface area contributed by atoms with Crippen molar-refractivity contribution >= 4 is 29.1 Å². The van der Waals surface area contributed by atoms with Gasteiger partial charge in [-0.25, -0.2) is 0 Å². The minimum atomic E-state index is -0.0697. The molecule has 2 aromatic carbocycles. The van der Waals surface area contributed by atoms with Crippen molar-refractivity contribution in [1.29, 1.82) is 0 Å². The second-order valence-corrected chi connectivity index (χ2v) is 6.39. The fourth-order valence-corrected chi connectivity index (χ4v) is 2.75. The number of carbonyl (C=O) groups is 1. The van der Waals surface area contributed by atoms with Gasteiger partial charge in [0.25, 0.3) is 0 Å². The van der Waals surface area contributed by atoms with Crippen LogP contribution in [0.15, 0.2) is 53.1 Å². The molecule has 25 heavy (non-hydrogen) atoms. The molecule has 1 amide bonds. The third-order valence-electron chi connectivity index (χ3n) is 3.63. The molecule has 1 aromatic heterocycles. The van der Waals surface area contributed by atoms with Crippen molar-refractivity contribution in [2.24, 2.45) is 0 Å². The molecule has 3 aromatic rings. The molecule has 128 valence electrons. The van der Waals surface area contributed by atoms with Crippen LogP contribution < -0.4 is 0 Å². The molecule has 0 atom stereocenters. The lowest BCUT2D eigenvalue weighted by molar-refractivity contribution is -0.130. The van der Waals surface area contributed by atoms with Crippen LogP contribution in [0.4, 0.5) is 0 Å². The van der Waals surface area contributed by atoms with Gasteiger partial charge in [0, 0.05) is 17.6 Å². The molecule has 0 spiro atoms. The van der Waals surface area contributed by atoms with Gasteiger partial charge in [-0.05, 0) is 29.8 Å². The Bertz CT molecular complexity index is 895. The van der Waals surface area contributed by atoms with E-state index in [1.54, 1.807) is 25.2 Å². The Hall–Kier alpha value is -2.37. The van der Waals surface area contributed by atoms with Gasteiger partial charge in [-0.15, -0.1) is 0 Å². The van der Waals surface area contributed by atoms with Crippen LogP contribution in [-0.2, 0) is 17.8 Å². The molecular weight excluding hydrogens is 361 g/mol. The lowest BCUT2D eigenvalue weighted by Gasteiger charge is -2.14. The normalized spacial score (nSPS) is 10.7. The Morgan fingerprint density at radius 2 is 1.96 bits per heavy atom. The zero-order chi connectivity index (χ0) is 17.8. The summed E-state index contributed by atoms with van der Waals surface area (Å²) in [6.07, 6.45) is 0.253. The number of hydrogen-bond acceptors (Lipinski definition) is 4. The quantitative estimate of drug-likeness (QED) is 0.668. The smallest absolute Gasteiger partial charge is 0.246 e. The number of benzene rings is 2. The molecule has 1 heterocycles. The van der Waals surface area contributed by atoms with Gasteiger partial charge in [-0.3, -0.25) is 4.79 Å². The minimum Gasteiger partial charge on any atom is -0.337 e. The van der Waals surface area contributed by atoms with Crippen molar-refractivity contribution in [2.75, 3.05) is 7.05 Å². The molecule has 0 saturated carbocycles. The summed E-state index contributed by atoms with van der Waals surface area (Å²) in [6, 6.07) is 14.5. The van der Waals surface area contributed by atoms with Gasteiger partial charge in [-0.1, -0.05) is 52.6 Å². The first-order valence-corrected chi connectivity index (χ1v) is 8.34. The predicted octanol–water partition coefficient (Wildman–Crippen LogP) is 4.24. The third kappa shape index (κ3) is 4.38. The second kappa shape index (κ2) is 7.68. The van der Waals surface area contributed by atoms with Gasteiger partial charge in [0.2, 0.25) is 17.6 Å². The molecule has 0 unspecified atom stereocenters. The highest BCUT2D eigenvalue weighted by molar-refractivity contribution is 6.33. The fraction of sp³-hybridized carbons (Fsp3) is 0.167. The Balaban J connectivity index is 1.66. The number of amides is 1. The highest BCUT2D eigenvalue weighted by Crippen LogP contribution is 2.25. The van der Waals surface area contributed by atoms with E-state index >= 15 is 0 Å². The van der Waals surface area contributed by atoms with Crippen molar-refractivity contribution in [2.45, 2.75) is 13.0 Å². The van der Waals surface area contributed by atoms with E-state index in [2.05, 4.69) is 10.1 Å². The van der Waals surface area contributed by atoms with E-state index in [1.807, 2.05) is 30.3 Å². The predicted molar refractivity (Wildman–Crippen MR) is 96.4 cm³/mol. The van der Waals surface area contributed by atoms with Crippen LogP contribution in [0.2, 0.25) is 10.0 Å². The zero-order valence-electron chi connectivity index (χ0n) is 13.4. The van der Waals surface area contributed by atoms with Gasteiger partial charge in [-0.2, -0.15) is 4.98 Å². The first-order valence-electron chi connectivity index (χ1n) is 7.59. The minimum absolute atomic E-state index is 0.0697. The number of hydrogen-bond donors (Lipinski definition) is 0. The molecule has 5 nitrogen and oxygen atoms in total. The molecule has 0 aliphatic carbocycles. The van der Waals surface area contributed by atoms with E-state index in [0.717, 1.165) is 5.56 Å². The average molecular weight is 376 g/mol. The number of aromatic nitrogens is 2. The Labute approximate surface area is 155 Å². The summed E-state index contributed by atoms with van der Waals surface area (Å²) >= 11 is 12.1. The fourth-order valence-electron chi connectivity index (χ4n) is 2.32. The Kier molecular flexibility index (Phi) is 5.36.